The Morgan fingerprint density at radius 1 is 1.00 bits per heavy atom. The smallest absolute Gasteiger partial charge is 0.255 e. The molecule has 0 saturated heterocycles. The predicted molar refractivity (Wildman–Crippen MR) is 125 cm³/mol. The van der Waals surface area contributed by atoms with Crippen molar-refractivity contribution in [1.82, 2.24) is 9.47 Å². The molecule has 2 aromatic carbocycles. The summed E-state index contributed by atoms with van der Waals surface area (Å²) in [6, 6.07) is 20.7. The van der Waals surface area contributed by atoms with Crippen LogP contribution in [0.4, 0.5) is 0 Å². The molecular formula is C26H30N2O4. The SMILES string of the molecule is COCCn1cc(C(=O)N(Cc2ccccc2)C(C)Cc2ccccc2OC)ccc1=O. The number of amides is 1. The van der Waals surface area contributed by atoms with Crippen LogP contribution in [0.3, 0.4) is 0 Å². The van der Waals surface area contributed by atoms with Gasteiger partial charge in [0.15, 0.2) is 0 Å². The highest BCUT2D eigenvalue weighted by Crippen LogP contribution is 2.22. The molecule has 1 unspecified atom stereocenters. The summed E-state index contributed by atoms with van der Waals surface area (Å²) >= 11 is 0. The summed E-state index contributed by atoms with van der Waals surface area (Å²) in [5.41, 5.74) is 2.40. The summed E-state index contributed by atoms with van der Waals surface area (Å²) < 4.78 is 12.1. The van der Waals surface area contributed by atoms with Crippen molar-refractivity contribution in [3.8, 4) is 5.75 Å². The Morgan fingerprint density at radius 2 is 1.72 bits per heavy atom. The van der Waals surface area contributed by atoms with Gasteiger partial charge in [0, 0.05) is 38.5 Å². The second-order valence-corrected chi connectivity index (χ2v) is 7.73. The van der Waals surface area contributed by atoms with E-state index in [1.807, 2.05) is 66.4 Å². The Labute approximate surface area is 189 Å². The Kier molecular flexibility index (Phi) is 8.22. The van der Waals surface area contributed by atoms with Crippen molar-refractivity contribution < 1.29 is 14.3 Å². The van der Waals surface area contributed by atoms with E-state index in [0.29, 0.717) is 31.7 Å². The molecule has 1 aromatic heterocycles. The molecule has 0 bridgehead atoms. The second-order valence-electron chi connectivity index (χ2n) is 7.73. The number of pyridine rings is 1. The van der Waals surface area contributed by atoms with Crippen LogP contribution in [0.15, 0.2) is 77.7 Å². The van der Waals surface area contributed by atoms with Crippen LogP contribution in [-0.4, -0.2) is 42.2 Å². The summed E-state index contributed by atoms with van der Waals surface area (Å²) in [6.45, 7) is 3.29. The quantitative estimate of drug-likeness (QED) is 0.487. The van der Waals surface area contributed by atoms with Crippen LogP contribution in [0.2, 0.25) is 0 Å². The molecule has 3 aromatic rings. The van der Waals surface area contributed by atoms with Crippen LogP contribution in [0.1, 0.15) is 28.4 Å². The molecule has 0 N–H and O–H groups in total. The van der Waals surface area contributed by atoms with Crippen molar-refractivity contribution in [3.05, 3.63) is 100.0 Å². The zero-order valence-electron chi connectivity index (χ0n) is 18.9. The average Bonchev–Trinajstić information content (AvgIpc) is 2.82. The maximum atomic E-state index is 13.6. The van der Waals surface area contributed by atoms with Crippen LogP contribution in [0, 0.1) is 0 Å². The first-order chi connectivity index (χ1) is 15.5. The van der Waals surface area contributed by atoms with Crippen molar-refractivity contribution >= 4 is 5.91 Å². The van der Waals surface area contributed by atoms with Gasteiger partial charge in [0.1, 0.15) is 5.75 Å². The van der Waals surface area contributed by atoms with Crippen LogP contribution in [-0.2, 0) is 24.2 Å². The van der Waals surface area contributed by atoms with E-state index in [4.69, 9.17) is 9.47 Å². The van der Waals surface area contributed by atoms with Gasteiger partial charge in [-0.2, -0.15) is 0 Å². The van der Waals surface area contributed by atoms with Crippen molar-refractivity contribution in [2.45, 2.75) is 32.5 Å². The fourth-order valence-electron chi connectivity index (χ4n) is 3.70. The van der Waals surface area contributed by atoms with Gasteiger partial charge >= 0.3 is 0 Å². The lowest BCUT2D eigenvalue weighted by Crippen LogP contribution is -2.40. The highest BCUT2D eigenvalue weighted by atomic mass is 16.5. The summed E-state index contributed by atoms with van der Waals surface area (Å²) in [7, 11) is 3.24. The summed E-state index contributed by atoms with van der Waals surface area (Å²) in [5.74, 6) is 0.682. The molecule has 1 amide bonds. The van der Waals surface area contributed by atoms with Gasteiger partial charge in [0.2, 0.25) is 0 Å². The fraction of sp³-hybridized carbons (Fsp3) is 0.308. The van der Waals surface area contributed by atoms with Gasteiger partial charge in [-0.05, 0) is 36.6 Å². The van der Waals surface area contributed by atoms with Crippen molar-refractivity contribution in [2.75, 3.05) is 20.8 Å². The number of para-hydroxylation sites is 1. The first kappa shape index (κ1) is 23.3. The van der Waals surface area contributed by atoms with E-state index < -0.39 is 0 Å². The molecule has 0 aliphatic carbocycles. The molecule has 1 heterocycles. The highest BCUT2D eigenvalue weighted by Gasteiger charge is 2.23. The lowest BCUT2D eigenvalue weighted by atomic mass is 10.0. The van der Waals surface area contributed by atoms with E-state index in [-0.39, 0.29) is 17.5 Å². The van der Waals surface area contributed by atoms with E-state index in [1.165, 1.54) is 10.6 Å². The first-order valence-electron chi connectivity index (χ1n) is 10.7. The van der Waals surface area contributed by atoms with Gasteiger partial charge in [-0.3, -0.25) is 9.59 Å². The molecule has 0 aliphatic heterocycles. The molecule has 6 heteroatoms. The van der Waals surface area contributed by atoms with Gasteiger partial charge in [0.25, 0.3) is 11.5 Å². The minimum atomic E-state index is -0.157. The standard InChI is InChI=1S/C26H30N2O4/c1-20(17-22-11-7-8-12-24(22)32-3)28(18-21-9-5-4-6-10-21)26(30)23-13-14-25(29)27(19-23)15-16-31-2/h4-14,19-20H,15-18H2,1-3H3. The lowest BCUT2D eigenvalue weighted by molar-refractivity contribution is 0.0673. The number of rotatable bonds is 10. The largest absolute Gasteiger partial charge is 0.496 e. The minimum Gasteiger partial charge on any atom is -0.496 e. The van der Waals surface area contributed by atoms with Crippen LogP contribution in [0.5, 0.6) is 5.75 Å². The maximum Gasteiger partial charge on any atom is 0.255 e. The predicted octanol–water partition coefficient (Wildman–Crippen LogP) is 3.78. The van der Waals surface area contributed by atoms with Crippen molar-refractivity contribution in [2.24, 2.45) is 0 Å². The Bertz CT molecular complexity index is 1080. The van der Waals surface area contributed by atoms with E-state index in [0.717, 1.165) is 16.9 Å². The van der Waals surface area contributed by atoms with Gasteiger partial charge in [-0.1, -0.05) is 48.5 Å². The summed E-state index contributed by atoms with van der Waals surface area (Å²) in [4.78, 5) is 27.6. The van der Waals surface area contributed by atoms with E-state index in [2.05, 4.69) is 0 Å². The van der Waals surface area contributed by atoms with Crippen LogP contribution in [0.25, 0.3) is 0 Å². The molecule has 6 nitrogen and oxygen atoms in total. The molecule has 32 heavy (non-hydrogen) atoms. The van der Waals surface area contributed by atoms with Gasteiger partial charge in [-0.15, -0.1) is 0 Å². The zero-order chi connectivity index (χ0) is 22.9. The summed E-state index contributed by atoms with van der Waals surface area (Å²) in [5, 5.41) is 0. The van der Waals surface area contributed by atoms with Gasteiger partial charge in [0.05, 0.1) is 19.3 Å². The molecule has 0 fully saturated rings. The van der Waals surface area contributed by atoms with Gasteiger partial charge in [-0.25, -0.2) is 0 Å². The normalized spacial score (nSPS) is 11.7. The van der Waals surface area contributed by atoms with Gasteiger partial charge < -0.3 is 18.9 Å². The molecule has 0 radical (unpaired) electrons. The monoisotopic (exact) mass is 434 g/mol. The lowest BCUT2D eigenvalue weighted by Gasteiger charge is -2.30. The molecular weight excluding hydrogens is 404 g/mol. The van der Waals surface area contributed by atoms with E-state index >= 15 is 0 Å². The van der Waals surface area contributed by atoms with E-state index in [9.17, 15) is 9.59 Å². The average molecular weight is 435 g/mol. The third kappa shape index (κ3) is 5.86. The number of aromatic nitrogens is 1. The number of carbonyl (C=O) groups is 1. The molecule has 1 atom stereocenters. The molecule has 0 spiro atoms. The number of hydrogen-bond donors (Lipinski definition) is 0. The van der Waals surface area contributed by atoms with Crippen LogP contribution < -0.4 is 10.3 Å². The molecule has 3 rings (SSSR count). The molecule has 0 aliphatic rings. The van der Waals surface area contributed by atoms with Crippen LogP contribution >= 0.6 is 0 Å². The molecule has 0 saturated carbocycles. The summed E-state index contributed by atoms with van der Waals surface area (Å²) in [6.07, 6.45) is 2.27. The second kappa shape index (κ2) is 11.3. The van der Waals surface area contributed by atoms with Crippen molar-refractivity contribution in [3.63, 3.8) is 0 Å². The van der Waals surface area contributed by atoms with Crippen molar-refractivity contribution in [1.29, 1.82) is 0 Å². The number of benzene rings is 2. The number of nitrogens with zero attached hydrogens (tertiary/aromatic N) is 2. The van der Waals surface area contributed by atoms with E-state index in [1.54, 1.807) is 26.5 Å². The Morgan fingerprint density at radius 3 is 2.44 bits per heavy atom. The first-order valence-corrected chi connectivity index (χ1v) is 10.7. The maximum absolute atomic E-state index is 13.6. The third-order valence-corrected chi connectivity index (χ3v) is 5.46. The number of methoxy groups -OCH3 is 2. The number of hydrogen-bond acceptors (Lipinski definition) is 4. The Balaban J connectivity index is 1.91. The third-order valence-electron chi connectivity index (χ3n) is 5.46. The fourth-order valence-corrected chi connectivity index (χ4v) is 3.70. The number of carbonyl (C=O) groups excluding carboxylic acids is 1. The zero-order valence-corrected chi connectivity index (χ0v) is 18.9. The molecule has 168 valence electrons. The Hall–Kier alpha value is -3.38. The minimum absolute atomic E-state index is 0.0987. The topological polar surface area (TPSA) is 60.8 Å². The number of ether oxygens (including phenoxy) is 2. The highest BCUT2D eigenvalue weighted by molar-refractivity contribution is 5.94.